The van der Waals surface area contributed by atoms with Crippen molar-refractivity contribution in [2.75, 3.05) is 26.2 Å². The van der Waals surface area contributed by atoms with Gasteiger partial charge in [0, 0.05) is 30.7 Å². The van der Waals surface area contributed by atoms with Crippen LogP contribution in [-0.2, 0) is 4.79 Å². The highest BCUT2D eigenvalue weighted by atomic mass is 16.3. The second-order valence-electron chi connectivity index (χ2n) is 8.00. The van der Waals surface area contributed by atoms with Crippen LogP contribution in [0, 0.1) is 19.8 Å². The van der Waals surface area contributed by atoms with Crippen LogP contribution in [0.15, 0.2) is 46.0 Å². The number of amides is 1. The lowest BCUT2D eigenvalue weighted by Crippen LogP contribution is -2.38. The van der Waals surface area contributed by atoms with Crippen molar-refractivity contribution < 1.29 is 9.21 Å². The molecule has 1 aromatic carbocycles. The first kappa shape index (κ1) is 24.9. The lowest BCUT2D eigenvalue weighted by Gasteiger charge is -2.26. The summed E-state index contributed by atoms with van der Waals surface area (Å²) in [6.07, 6.45) is 15.1. The highest BCUT2D eigenvalue weighted by molar-refractivity contribution is 5.84. The van der Waals surface area contributed by atoms with E-state index in [0.717, 1.165) is 54.2 Å². The van der Waals surface area contributed by atoms with Gasteiger partial charge in [-0.05, 0) is 63.3 Å². The van der Waals surface area contributed by atoms with Crippen LogP contribution in [0.5, 0.6) is 0 Å². The van der Waals surface area contributed by atoms with Gasteiger partial charge in [0.2, 0.25) is 5.91 Å². The number of furan rings is 1. The van der Waals surface area contributed by atoms with E-state index in [1.807, 2.05) is 36.1 Å². The smallest absolute Gasteiger partial charge is 0.242 e. The minimum absolute atomic E-state index is 0.0598. The van der Waals surface area contributed by atoms with Crippen molar-refractivity contribution in [3.8, 4) is 12.8 Å². The normalized spacial score (nSPS) is 15.8. The molecule has 1 aromatic heterocycles. The van der Waals surface area contributed by atoms with Gasteiger partial charge >= 0.3 is 0 Å². The fraction of sp³-hybridized carbons (Fsp3) is 0.440. The maximum atomic E-state index is 12.0. The molecule has 7 nitrogen and oxygen atoms in total. The van der Waals surface area contributed by atoms with Gasteiger partial charge < -0.3 is 25.7 Å². The minimum Gasteiger partial charge on any atom is -0.461 e. The molecular formula is C25H35N5O2. The number of nitrogens with two attached hydrogens (primary N) is 2. The lowest BCUT2D eigenvalue weighted by atomic mass is 10.2. The van der Waals surface area contributed by atoms with Gasteiger partial charge in [0.05, 0.1) is 12.2 Å². The minimum atomic E-state index is 0.0598. The number of carbonyl (C=O) groups excluding carboxylic acids is 1. The fourth-order valence-electron chi connectivity index (χ4n) is 3.93. The molecule has 7 heteroatoms. The van der Waals surface area contributed by atoms with Crippen molar-refractivity contribution in [1.82, 2.24) is 9.80 Å². The third-order valence-electron chi connectivity index (χ3n) is 5.51. The summed E-state index contributed by atoms with van der Waals surface area (Å²) in [6.45, 7) is 9.48. The second kappa shape index (κ2) is 12.5. The molecule has 4 rings (SSSR count). The highest BCUT2D eigenvalue weighted by Gasteiger charge is 2.21. The molecule has 0 saturated carbocycles. The van der Waals surface area contributed by atoms with Crippen LogP contribution in [0.1, 0.15) is 44.3 Å². The second-order valence-corrected chi connectivity index (χ2v) is 8.00. The number of hydrogen-bond acceptors (Lipinski definition) is 4. The summed E-state index contributed by atoms with van der Waals surface area (Å²) < 4.78 is 5.42. The van der Waals surface area contributed by atoms with Crippen molar-refractivity contribution in [3.05, 3.63) is 42.3 Å². The predicted octanol–water partition coefficient (Wildman–Crippen LogP) is 3.89. The Morgan fingerprint density at radius 1 is 1.09 bits per heavy atom. The Bertz CT molecular complexity index is 950. The van der Waals surface area contributed by atoms with Crippen LogP contribution in [0.2, 0.25) is 0 Å². The SMILES string of the molecule is C#C.C=C1CCCCCN1CC(=O)N1CCCC1.Cc1cc2cc(N=C(N)N)ccc2o1. The molecular weight excluding hydrogens is 402 g/mol. The Morgan fingerprint density at radius 3 is 2.47 bits per heavy atom. The number of fused-ring (bicyclic) bond motifs is 1. The fourth-order valence-corrected chi connectivity index (χ4v) is 3.93. The van der Waals surface area contributed by atoms with Crippen LogP contribution < -0.4 is 11.5 Å². The van der Waals surface area contributed by atoms with Gasteiger partial charge in [0.25, 0.3) is 0 Å². The molecule has 2 aliphatic heterocycles. The summed E-state index contributed by atoms with van der Waals surface area (Å²) in [5, 5.41) is 1.00. The van der Waals surface area contributed by atoms with Gasteiger partial charge in [-0.15, -0.1) is 12.8 Å². The first-order valence-electron chi connectivity index (χ1n) is 11.1. The average molecular weight is 438 g/mol. The largest absolute Gasteiger partial charge is 0.461 e. The molecule has 172 valence electrons. The van der Waals surface area contributed by atoms with E-state index >= 15 is 0 Å². The van der Waals surface area contributed by atoms with E-state index in [2.05, 4.69) is 29.3 Å². The Balaban J connectivity index is 0.000000212. The molecule has 2 aromatic rings. The lowest BCUT2D eigenvalue weighted by molar-refractivity contribution is -0.130. The zero-order valence-electron chi connectivity index (χ0n) is 19.1. The van der Waals surface area contributed by atoms with Gasteiger partial charge in [0.15, 0.2) is 5.96 Å². The summed E-state index contributed by atoms with van der Waals surface area (Å²) in [5.74, 6) is 1.23. The first-order valence-corrected chi connectivity index (χ1v) is 11.1. The molecule has 0 atom stereocenters. The summed E-state index contributed by atoms with van der Waals surface area (Å²) in [4.78, 5) is 20.2. The van der Waals surface area contributed by atoms with Crippen LogP contribution in [0.4, 0.5) is 5.69 Å². The first-order chi connectivity index (χ1) is 15.4. The quantitative estimate of drug-likeness (QED) is 0.431. The van der Waals surface area contributed by atoms with E-state index in [4.69, 9.17) is 15.9 Å². The van der Waals surface area contributed by atoms with Gasteiger partial charge in [-0.2, -0.15) is 0 Å². The maximum absolute atomic E-state index is 12.0. The maximum Gasteiger partial charge on any atom is 0.242 e. The van der Waals surface area contributed by atoms with Crippen LogP contribution in [-0.4, -0.2) is 47.8 Å². The van der Waals surface area contributed by atoms with E-state index in [1.165, 1.54) is 32.1 Å². The number of benzene rings is 1. The van der Waals surface area contributed by atoms with Crippen LogP contribution in [0.25, 0.3) is 11.0 Å². The summed E-state index contributed by atoms with van der Waals surface area (Å²) >= 11 is 0. The van der Waals surface area contributed by atoms with Crippen molar-refractivity contribution >= 4 is 28.5 Å². The van der Waals surface area contributed by atoms with Crippen LogP contribution >= 0.6 is 0 Å². The molecule has 0 bridgehead atoms. The Hall–Kier alpha value is -3.40. The van der Waals surface area contributed by atoms with E-state index in [0.29, 0.717) is 12.5 Å². The Kier molecular flexibility index (Phi) is 9.68. The molecule has 0 spiro atoms. The number of aryl methyl sites for hydroxylation is 1. The third-order valence-corrected chi connectivity index (χ3v) is 5.51. The zero-order valence-corrected chi connectivity index (χ0v) is 19.1. The van der Waals surface area contributed by atoms with Gasteiger partial charge in [-0.25, -0.2) is 4.99 Å². The molecule has 1 amide bonds. The summed E-state index contributed by atoms with van der Waals surface area (Å²) in [6, 6.07) is 7.49. The number of likely N-dealkylation sites (tertiary alicyclic amines) is 2. The summed E-state index contributed by atoms with van der Waals surface area (Å²) in [7, 11) is 0. The number of terminal acetylenes is 1. The highest BCUT2D eigenvalue weighted by Crippen LogP contribution is 2.24. The average Bonchev–Trinajstić information content (AvgIpc) is 3.38. The van der Waals surface area contributed by atoms with Crippen molar-refractivity contribution in [3.63, 3.8) is 0 Å². The number of hydrogen-bond donors (Lipinski definition) is 2. The number of rotatable bonds is 3. The standard InChI is InChI=1S/C13H22N2O.C10H11N3O.C2H2/c1-12-7-3-2-4-10-15(12)11-13(16)14-8-5-6-9-14;1-6-4-7-5-8(13-10(11)12)2-3-9(7)14-6;1-2/h1-11H2;2-5H,1H3,(H4,11,12,13);1-2H. The van der Waals surface area contributed by atoms with E-state index in [-0.39, 0.29) is 5.96 Å². The molecule has 0 radical (unpaired) electrons. The third kappa shape index (κ3) is 7.38. The van der Waals surface area contributed by atoms with E-state index in [1.54, 1.807) is 0 Å². The summed E-state index contributed by atoms with van der Waals surface area (Å²) in [5.41, 5.74) is 13.3. The number of carbonyl (C=O) groups is 1. The molecule has 0 unspecified atom stereocenters. The molecule has 2 saturated heterocycles. The number of aliphatic imine (C=N–C) groups is 1. The Labute approximate surface area is 191 Å². The molecule has 4 N–H and O–H groups in total. The monoisotopic (exact) mass is 437 g/mol. The van der Waals surface area contributed by atoms with E-state index in [9.17, 15) is 4.79 Å². The molecule has 2 aliphatic rings. The van der Waals surface area contributed by atoms with Gasteiger partial charge in [-0.3, -0.25) is 4.79 Å². The predicted molar refractivity (Wildman–Crippen MR) is 131 cm³/mol. The van der Waals surface area contributed by atoms with Crippen molar-refractivity contribution in [2.24, 2.45) is 16.5 Å². The number of allylic oxidation sites excluding steroid dienone is 1. The van der Waals surface area contributed by atoms with Crippen molar-refractivity contribution in [1.29, 1.82) is 0 Å². The molecule has 32 heavy (non-hydrogen) atoms. The van der Waals surface area contributed by atoms with Gasteiger partial charge in [0.1, 0.15) is 11.3 Å². The Morgan fingerprint density at radius 2 is 1.78 bits per heavy atom. The zero-order chi connectivity index (χ0) is 23.5. The molecule has 2 fully saturated rings. The van der Waals surface area contributed by atoms with E-state index < -0.39 is 0 Å². The number of nitrogens with zero attached hydrogens (tertiary/aromatic N) is 3. The molecule has 0 aliphatic carbocycles. The van der Waals surface area contributed by atoms with Crippen LogP contribution in [0.3, 0.4) is 0 Å². The van der Waals surface area contributed by atoms with Crippen molar-refractivity contribution in [2.45, 2.75) is 45.4 Å². The number of guanidine groups is 1. The molecule has 3 heterocycles. The topological polar surface area (TPSA) is 101 Å². The van der Waals surface area contributed by atoms with Gasteiger partial charge in [-0.1, -0.05) is 13.0 Å².